The molecule has 1 unspecified atom stereocenters. The third-order valence-corrected chi connectivity index (χ3v) is 2.67. The molecule has 1 heterocycles. The molecule has 0 aliphatic carbocycles. The highest BCUT2D eigenvalue weighted by molar-refractivity contribution is 5.98. The minimum Gasteiger partial charge on any atom is -0.326 e. The van der Waals surface area contributed by atoms with E-state index in [1.807, 2.05) is 0 Å². The largest absolute Gasteiger partial charge is 0.471 e. The zero-order valence-corrected chi connectivity index (χ0v) is 8.87. The molecule has 1 aromatic carbocycles. The van der Waals surface area contributed by atoms with Crippen LogP contribution in [0.4, 0.5) is 18.9 Å². The fraction of sp³-hybridized carbons (Fsp3) is 0.364. The van der Waals surface area contributed by atoms with Crippen molar-refractivity contribution in [2.24, 2.45) is 5.73 Å². The summed E-state index contributed by atoms with van der Waals surface area (Å²) in [6.07, 6.45) is -4.39. The highest BCUT2D eigenvalue weighted by atomic mass is 19.4. The number of hydrogen-bond acceptors (Lipinski definition) is 2. The van der Waals surface area contributed by atoms with Crippen molar-refractivity contribution in [2.75, 3.05) is 11.4 Å². The predicted octanol–water partition coefficient (Wildman–Crippen LogP) is 1.47. The second kappa shape index (κ2) is 4.03. The standard InChI is InChI=1S/C11H11F3N2O/c12-11(13,14)10(17)16-6-8(15)5-7-3-1-2-4-9(7)16/h1-4,8H,5-6,15H2. The lowest BCUT2D eigenvalue weighted by Gasteiger charge is -2.33. The summed E-state index contributed by atoms with van der Waals surface area (Å²) in [4.78, 5) is 12.0. The number of nitrogens with two attached hydrogens (primary N) is 1. The van der Waals surface area contributed by atoms with Gasteiger partial charge in [0.2, 0.25) is 0 Å². The van der Waals surface area contributed by atoms with Crippen LogP contribution >= 0.6 is 0 Å². The lowest BCUT2D eigenvalue weighted by molar-refractivity contribution is -0.170. The van der Waals surface area contributed by atoms with Gasteiger partial charge in [-0.3, -0.25) is 4.79 Å². The van der Waals surface area contributed by atoms with Crippen molar-refractivity contribution in [2.45, 2.75) is 18.6 Å². The van der Waals surface area contributed by atoms with E-state index in [1.165, 1.54) is 6.07 Å². The summed E-state index contributed by atoms with van der Waals surface area (Å²) < 4.78 is 37.3. The van der Waals surface area contributed by atoms with E-state index in [0.29, 0.717) is 22.6 Å². The summed E-state index contributed by atoms with van der Waals surface area (Å²) >= 11 is 0. The number of anilines is 1. The van der Waals surface area contributed by atoms with Crippen LogP contribution in [0.15, 0.2) is 24.3 Å². The normalized spacial score (nSPS) is 20.0. The van der Waals surface area contributed by atoms with E-state index >= 15 is 0 Å². The van der Waals surface area contributed by atoms with Crippen LogP contribution in [0.5, 0.6) is 0 Å². The summed E-state index contributed by atoms with van der Waals surface area (Å²) in [5.74, 6) is -1.86. The van der Waals surface area contributed by atoms with Crippen LogP contribution in [0.25, 0.3) is 0 Å². The van der Waals surface area contributed by atoms with Crippen LogP contribution in [0.2, 0.25) is 0 Å². The van der Waals surface area contributed by atoms with Gasteiger partial charge in [0.1, 0.15) is 0 Å². The number of nitrogens with zero attached hydrogens (tertiary/aromatic N) is 1. The molecule has 3 nitrogen and oxygen atoms in total. The Morgan fingerprint density at radius 1 is 1.35 bits per heavy atom. The molecule has 1 amide bonds. The molecule has 92 valence electrons. The van der Waals surface area contributed by atoms with Gasteiger partial charge in [-0.1, -0.05) is 18.2 Å². The Hall–Kier alpha value is -1.56. The molecule has 1 aliphatic rings. The Morgan fingerprint density at radius 3 is 2.65 bits per heavy atom. The average molecular weight is 244 g/mol. The first-order valence-electron chi connectivity index (χ1n) is 5.12. The van der Waals surface area contributed by atoms with Crippen molar-refractivity contribution < 1.29 is 18.0 Å². The van der Waals surface area contributed by atoms with E-state index in [2.05, 4.69) is 0 Å². The first-order chi connectivity index (χ1) is 7.89. The second-order valence-corrected chi connectivity index (χ2v) is 4.01. The number of carbonyl (C=O) groups is 1. The Kier molecular flexibility index (Phi) is 2.82. The van der Waals surface area contributed by atoms with Gasteiger partial charge in [-0.25, -0.2) is 0 Å². The number of fused-ring (bicyclic) bond motifs is 1. The number of hydrogen-bond donors (Lipinski definition) is 1. The highest BCUT2D eigenvalue weighted by Crippen LogP contribution is 2.30. The molecule has 2 N–H and O–H groups in total. The Balaban J connectivity index is 2.40. The Morgan fingerprint density at radius 2 is 2.00 bits per heavy atom. The summed E-state index contributed by atoms with van der Waals surface area (Å²) in [5.41, 5.74) is 6.63. The van der Waals surface area contributed by atoms with Gasteiger partial charge in [-0.2, -0.15) is 13.2 Å². The lowest BCUT2D eigenvalue weighted by atomic mass is 9.98. The fourth-order valence-corrected chi connectivity index (χ4v) is 1.97. The third-order valence-electron chi connectivity index (χ3n) is 2.67. The molecular weight excluding hydrogens is 233 g/mol. The zero-order chi connectivity index (χ0) is 12.6. The van der Waals surface area contributed by atoms with Gasteiger partial charge in [-0.15, -0.1) is 0 Å². The lowest BCUT2D eigenvalue weighted by Crippen LogP contribution is -2.50. The summed E-state index contributed by atoms with van der Waals surface area (Å²) in [6, 6.07) is 6.05. The van der Waals surface area contributed by atoms with Crippen molar-refractivity contribution >= 4 is 11.6 Å². The number of alkyl halides is 3. The van der Waals surface area contributed by atoms with Crippen LogP contribution in [-0.2, 0) is 11.2 Å². The van der Waals surface area contributed by atoms with Gasteiger partial charge in [0.05, 0.1) is 0 Å². The van der Waals surface area contributed by atoms with Crippen molar-refractivity contribution in [1.82, 2.24) is 0 Å². The maximum absolute atomic E-state index is 12.4. The number of benzene rings is 1. The smallest absolute Gasteiger partial charge is 0.326 e. The highest BCUT2D eigenvalue weighted by Gasteiger charge is 2.44. The number of rotatable bonds is 0. The van der Waals surface area contributed by atoms with Crippen LogP contribution < -0.4 is 10.6 Å². The first-order valence-corrected chi connectivity index (χ1v) is 5.12. The molecule has 1 aromatic rings. The van der Waals surface area contributed by atoms with Crippen molar-refractivity contribution in [3.05, 3.63) is 29.8 Å². The Labute approximate surface area is 96.0 Å². The average Bonchev–Trinajstić information content (AvgIpc) is 2.25. The Bertz CT molecular complexity index is 445. The first kappa shape index (κ1) is 11.9. The molecule has 0 bridgehead atoms. The second-order valence-electron chi connectivity index (χ2n) is 4.01. The van der Waals surface area contributed by atoms with E-state index in [-0.39, 0.29) is 6.54 Å². The molecule has 0 spiro atoms. The van der Waals surface area contributed by atoms with E-state index in [9.17, 15) is 18.0 Å². The molecule has 17 heavy (non-hydrogen) atoms. The fourth-order valence-electron chi connectivity index (χ4n) is 1.97. The molecule has 0 fully saturated rings. The van der Waals surface area contributed by atoms with Gasteiger partial charge in [0, 0.05) is 18.3 Å². The van der Waals surface area contributed by atoms with E-state index < -0.39 is 18.1 Å². The van der Waals surface area contributed by atoms with E-state index in [1.54, 1.807) is 18.2 Å². The molecule has 0 aromatic heterocycles. The molecular formula is C11H11F3N2O. The monoisotopic (exact) mass is 244 g/mol. The van der Waals surface area contributed by atoms with Crippen molar-refractivity contribution in [3.63, 3.8) is 0 Å². The van der Waals surface area contributed by atoms with E-state index in [0.717, 1.165) is 0 Å². The van der Waals surface area contributed by atoms with Crippen molar-refractivity contribution in [1.29, 1.82) is 0 Å². The van der Waals surface area contributed by atoms with Gasteiger partial charge < -0.3 is 10.6 Å². The van der Waals surface area contributed by atoms with Crippen LogP contribution in [0.3, 0.4) is 0 Å². The van der Waals surface area contributed by atoms with Crippen molar-refractivity contribution in [3.8, 4) is 0 Å². The molecule has 0 radical (unpaired) electrons. The quantitative estimate of drug-likeness (QED) is 0.751. The van der Waals surface area contributed by atoms with Crippen LogP contribution in [-0.4, -0.2) is 24.7 Å². The SMILES string of the molecule is NC1Cc2ccccc2N(C(=O)C(F)(F)F)C1. The molecule has 1 aliphatic heterocycles. The maximum Gasteiger partial charge on any atom is 0.471 e. The number of carbonyl (C=O) groups excluding carboxylic acids is 1. The molecule has 2 rings (SSSR count). The van der Waals surface area contributed by atoms with Gasteiger partial charge in [0.25, 0.3) is 0 Å². The van der Waals surface area contributed by atoms with Gasteiger partial charge >= 0.3 is 12.1 Å². The maximum atomic E-state index is 12.4. The molecule has 1 atom stereocenters. The number of halogens is 3. The summed E-state index contributed by atoms with van der Waals surface area (Å²) in [6.45, 7) is -0.102. The summed E-state index contributed by atoms with van der Waals surface area (Å²) in [7, 11) is 0. The third kappa shape index (κ3) is 2.26. The molecule has 0 saturated heterocycles. The van der Waals surface area contributed by atoms with Gasteiger partial charge in [-0.05, 0) is 18.1 Å². The minimum absolute atomic E-state index is 0.102. The van der Waals surface area contributed by atoms with E-state index in [4.69, 9.17) is 5.73 Å². The zero-order valence-electron chi connectivity index (χ0n) is 8.87. The number of amides is 1. The topological polar surface area (TPSA) is 46.3 Å². The summed E-state index contributed by atoms with van der Waals surface area (Å²) in [5, 5.41) is 0. The van der Waals surface area contributed by atoms with Gasteiger partial charge in [0.15, 0.2) is 0 Å². The number of para-hydroxylation sites is 1. The van der Waals surface area contributed by atoms with Crippen LogP contribution in [0, 0.1) is 0 Å². The predicted molar refractivity (Wildman–Crippen MR) is 56.5 cm³/mol. The molecule has 6 heteroatoms. The molecule has 0 saturated carbocycles. The minimum atomic E-state index is -4.87. The van der Waals surface area contributed by atoms with Crippen LogP contribution in [0.1, 0.15) is 5.56 Å².